The minimum Gasteiger partial charge on any atom is -0.383 e. The lowest BCUT2D eigenvalue weighted by Crippen LogP contribution is -2.21. The lowest BCUT2D eigenvalue weighted by molar-refractivity contribution is 0.893. The fourth-order valence-electron chi connectivity index (χ4n) is 2.29. The molecule has 1 aliphatic rings. The molecule has 1 saturated heterocycles. The fourth-order valence-corrected chi connectivity index (χ4v) is 2.46. The Morgan fingerprint density at radius 3 is 2.76 bits per heavy atom. The first-order valence-electron chi connectivity index (χ1n) is 5.73. The molecule has 2 N–H and O–H groups in total. The van der Waals surface area contributed by atoms with E-state index < -0.39 is 0 Å². The molecule has 0 saturated carbocycles. The third-order valence-electron chi connectivity index (χ3n) is 3.27. The molecule has 6 heteroatoms. The molecule has 0 amide bonds. The van der Waals surface area contributed by atoms with Gasteiger partial charge in [-0.2, -0.15) is 9.61 Å². The van der Waals surface area contributed by atoms with E-state index in [1.807, 2.05) is 6.92 Å². The van der Waals surface area contributed by atoms with Crippen molar-refractivity contribution in [2.75, 3.05) is 23.7 Å². The molecule has 0 radical (unpaired) electrons. The Bertz CT molecular complexity index is 571. The number of hydrogen-bond acceptors (Lipinski definition) is 4. The third-order valence-corrected chi connectivity index (χ3v) is 3.53. The summed E-state index contributed by atoms with van der Waals surface area (Å²) < 4.78 is 1.59. The zero-order chi connectivity index (χ0) is 12.0. The highest BCUT2D eigenvalue weighted by molar-refractivity contribution is 6.33. The second kappa shape index (κ2) is 3.77. The number of nitrogens with two attached hydrogens (primary N) is 1. The van der Waals surface area contributed by atoms with Gasteiger partial charge in [-0.15, -0.1) is 0 Å². The van der Waals surface area contributed by atoms with Gasteiger partial charge in [0.2, 0.25) is 0 Å². The number of fused-ring (bicyclic) bond motifs is 1. The lowest BCUT2D eigenvalue weighted by atomic mass is 10.3. The highest BCUT2D eigenvalue weighted by atomic mass is 35.5. The SMILES string of the molecule is Cc1c(N2CCCC2)nc2c(Cl)cnn2c1N. The summed E-state index contributed by atoms with van der Waals surface area (Å²) in [6.45, 7) is 4.05. The van der Waals surface area contributed by atoms with Gasteiger partial charge in [0.15, 0.2) is 5.65 Å². The van der Waals surface area contributed by atoms with Crippen LogP contribution in [-0.2, 0) is 0 Å². The molecular formula is C11H14ClN5. The Hall–Kier alpha value is -1.49. The maximum Gasteiger partial charge on any atom is 0.178 e. The number of nitrogens with zero attached hydrogens (tertiary/aromatic N) is 4. The normalized spacial score (nSPS) is 16.0. The van der Waals surface area contributed by atoms with Crippen LogP contribution in [0.3, 0.4) is 0 Å². The Morgan fingerprint density at radius 1 is 1.35 bits per heavy atom. The molecule has 17 heavy (non-hydrogen) atoms. The van der Waals surface area contributed by atoms with Crippen LogP contribution in [-0.4, -0.2) is 27.7 Å². The third kappa shape index (κ3) is 1.53. The minimum absolute atomic E-state index is 0.539. The van der Waals surface area contributed by atoms with Crippen molar-refractivity contribution in [2.45, 2.75) is 19.8 Å². The molecule has 0 unspecified atom stereocenters. The largest absolute Gasteiger partial charge is 0.383 e. The van der Waals surface area contributed by atoms with Crippen LogP contribution in [0.4, 0.5) is 11.6 Å². The van der Waals surface area contributed by atoms with Gasteiger partial charge in [-0.3, -0.25) is 0 Å². The summed E-state index contributed by atoms with van der Waals surface area (Å²) in [4.78, 5) is 6.85. The molecule has 1 aliphatic heterocycles. The Labute approximate surface area is 104 Å². The van der Waals surface area contributed by atoms with Crippen molar-refractivity contribution in [1.82, 2.24) is 14.6 Å². The van der Waals surface area contributed by atoms with Gasteiger partial charge in [-0.1, -0.05) is 11.6 Å². The Morgan fingerprint density at radius 2 is 2.06 bits per heavy atom. The summed E-state index contributed by atoms with van der Waals surface area (Å²) in [5.41, 5.74) is 7.68. The molecule has 1 fully saturated rings. The van der Waals surface area contributed by atoms with E-state index in [0.29, 0.717) is 16.5 Å². The number of aromatic nitrogens is 3. The summed E-state index contributed by atoms with van der Waals surface area (Å²) in [6, 6.07) is 0. The van der Waals surface area contributed by atoms with E-state index in [-0.39, 0.29) is 0 Å². The Balaban J connectivity index is 2.23. The van der Waals surface area contributed by atoms with Gasteiger partial charge >= 0.3 is 0 Å². The average Bonchev–Trinajstić information content (AvgIpc) is 2.94. The summed E-state index contributed by atoms with van der Waals surface area (Å²) >= 11 is 6.06. The predicted molar refractivity (Wildman–Crippen MR) is 68.6 cm³/mol. The molecule has 3 rings (SSSR count). The van der Waals surface area contributed by atoms with Crippen LogP contribution in [0.1, 0.15) is 18.4 Å². The van der Waals surface area contributed by atoms with Gasteiger partial charge in [-0.25, -0.2) is 4.98 Å². The average molecular weight is 252 g/mol. The fraction of sp³-hybridized carbons (Fsp3) is 0.455. The molecule has 2 aromatic heterocycles. The molecule has 0 atom stereocenters. The number of nitrogen functional groups attached to an aromatic ring is 1. The van der Waals surface area contributed by atoms with Gasteiger partial charge in [-0.05, 0) is 19.8 Å². The van der Waals surface area contributed by atoms with E-state index in [4.69, 9.17) is 17.3 Å². The standard InChI is InChI=1S/C11H14ClN5/c1-7-9(13)17-11(8(12)6-14-17)15-10(7)16-4-2-3-5-16/h6H,2-5,13H2,1H3. The highest BCUT2D eigenvalue weighted by Gasteiger charge is 2.20. The molecule has 3 heterocycles. The molecule has 0 bridgehead atoms. The highest BCUT2D eigenvalue weighted by Crippen LogP contribution is 2.29. The molecule has 5 nitrogen and oxygen atoms in total. The van der Waals surface area contributed by atoms with Crippen molar-refractivity contribution >= 4 is 28.9 Å². The summed E-state index contributed by atoms with van der Waals surface area (Å²) in [5.74, 6) is 1.55. The summed E-state index contributed by atoms with van der Waals surface area (Å²) in [5, 5.41) is 4.66. The van der Waals surface area contributed by atoms with E-state index in [1.54, 1.807) is 10.7 Å². The van der Waals surface area contributed by atoms with Crippen molar-refractivity contribution in [2.24, 2.45) is 0 Å². The van der Waals surface area contributed by atoms with Gasteiger partial charge in [0, 0.05) is 18.7 Å². The predicted octanol–water partition coefficient (Wildman–Crippen LogP) is 1.87. The molecule has 0 aliphatic carbocycles. The zero-order valence-electron chi connectivity index (χ0n) is 9.65. The quantitative estimate of drug-likeness (QED) is 0.841. The van der Waals surface area contributed by atoms with E-state index >= 15 is 0 Å². The van der Waals surface area contributed by atoms with E-state index in [2.05, 4.69) is 15.0 Å². The number of halogens is 1. The first-order valence-corrected chi connectivity index (χ1v) is 6.10. The van der Waals surface area contributed by atoms with Crippen LogP contribution < -0.4 is 10.6 Å². The second-order valence-electron chi connectivity index (χ2n) is 4.37. The van der Waals surface area contributed by atoms with Crippen molar-refractivity contribution in [3.63, 3.8) is 0 Å². The Kier molecular flexibility index (Phi) is 2.36. The topological polar surface area (TPSA) is 59.5 Å². The van der Waals surface area contributed by atoms with Crippen LogP contribution in [0.2, 0.25) is 5.02 Å². The van der Waals surface area contributed by atoms with E-state index in [0.717, 1.165) is 24.5 Å². The molecular weight excluding hydrogens is 238 g/mol. The first-order chi connectivity index (χ1) is 8.18. The van der Waals surface area contributed by atoms with E-state index in [1.165, 1.54) is 12.8 Å². The maximum atomic E-state index is 6.08. The van der Waals surface area contributed by atoms with Gasteiger partial charge in [0.1, 0.15) is 16.7 Å². The summed E-state index contributed by atoms with van der Waals surface area (Å²) in [6.07, 6.45) is 3.99. The van der Waals surface area contributed by atoms with Crippen LogP contribution >= 0.6 is 11.6 Å². The van der Waals surface area contributed by atoms with Gasteiger partial charge in [0.05, 0.1) is 6.20 Å². The monoisotopic (exact) mass is 251 g/mol. The number of hydrogen-bond donors (Lipinski definition) is 1. The van der Waals surface area contributed by atoms with Crippen molar-refractivity contribution in [3.05, 3.63) is 16.8 Å². The molecule has 90 valence electrons. The summed E-state index contributed by atoms with van der Waals surface area (Å²) in [7, 11) is 0. The lowest BCUT2D eigenvalue weighted by Gasteiger charge is -2.20. The van der Waals surface area contributed by atoms with Crippen LogP contribution in [0.15, 0.2) is 6.20 Å². The van der Waals surface area contributed by atoms with Crippen LogP contribution in [0, 0.1) is 6.92 Å². The maximum absolute atomic E-state index is 6.08. The smallest absolute Gasteiger partial charge is 0.178 e. The van der Waals surface area contributed by atoms with Crippen molar-refractivity contribution in [1.29, 1.82) is 0 Å². The van der Waals surface area contributed by atoms with Gasteiger partial charge < -0.3 is 10.6 Å². The zero-order valence-corrected chi connectivity index (χ0v) is 10.4. The molecule has 0 aromatic carbocycles. The number of rotatable bonds is 1. The molecule has 0 spiro atoms. The molecule has 2 aromatic rings. The van der Waals surface area contributed by atoms with Crippen LogP contribution in [0.25, 0.3) is 5.65 Å². The number of anilines is 2. The first kappa shape index (κ1) is 10.7. The van der Waals surface area contributed by atoms with Crippen molar-refractivity contribution in [3.8, 4) is 0 Å². The minimum atomic E-state index is 0.539. The van der Waals surface area contributed by atoms with Gasteiger partial charge in [0.25, 0.3) is 0 Å². The van der Waals surface area contributed by atoms with E-state index in [9.17, 15) is 0 Å². The van der Waals surface area contributed by atoms with Crippen molar-refractivity contribution < 1.29 is 0 Å². The van der Waals surface area contributed by atoms with Crippen LogP contribution in [0.5, 0.6) is 0 Å². The second-order valence-corrected chi connectivity index (χ2v) is 4.77.